The quantitative estimate of drug-likeness (QED) is 0.106. The average Bonchev–Trinajstić information content (AvgIpc) is 3.69. The van der Waals surface area contributed by atoms with E-state index in [-0.39, 0.29) is 17.0 Å². The van der Waals surface area contributed by atoms with Crippen molar-refractivity contribution < 1.29 is 17.3 Å². The van der Waals surface area contributed by atoms with Crippen LogP contribution in [0.15, 0.2) is 14.3 Å². The molecule has 0 aromatic rings. The molecule has 0 bridgehead atoms. The maximum atomic E-state index is 9.75. The molecule has 3 fully saturated rings. The van der Waals surface area contributed by atoms with Gasteiger partial charge < -0.3 is 17.3 Å². The molecule has 0 aliphatic carbocycles. The molecule has 3 atom stereocenters. The standard InChI is InChI=1S/C32H72N13P4.BF4/c1-36(2)30(37(3)4)21-24-46(42(13)14)27(30)33-49(45(19)20,34-28-31(38(5)6,39(7)8)22-25-47(28)43(15)16)35-29-32(40(9)10,41(11)12)23-26-48(29)44(17)18;2-1(3,4)5/h21-26H2,1-20H3;/q+1;-1/b33-27-,34-28-,35-29-;. The summed E-state index contributed by atoms with van der Waals surface area (Å²) in [6.45, 7) is 0. The zero-order valence-corrected chi connectivity index (χ0v) is 40.5. The minimum Gasteiger partial charge on any atom is -0.418 e. The highest BCUT2D eigenvalue weighted by Gasteiger charge is 2.61. The van der Waals surface area contributed by atoms with Crippen molar-refractivity contribution in [1.29, 1.82) is 0 Å². The number of rotatable bonds is 13. The Morgan fingerprint density at radius 1 is 0.426 bits per heavy atom. The minimum absolute atomic E-state index is 0.331. The average molecular weight is 850 g/mol. The van der Waals surface area contributed by atoms with E-state index in [4.69, 9.17) is 14.3 Å². The molecule has 0 radical (unpaired) electrons. The predicted octanol–water partition coefficient (Wildman–Crippen LogP) is 5.27. The lowest BCUT2D eigenvalue weighted by molar-refractivity contribution is 0.0731. The van der Waals surface area contributed by atoms with Gasteiger partial charge in [-0.1, -0.05) is 14.3 Å². The van der Waals surface area contributed by atoms with Crippen LogP contribution in [-0.2, 0) is 0 Å². The second-order valence-electron chi connectivity index (χ2n) is 16.1. The topological polar surface area (TPSA) is 69.5 Å². The van der Waals surface area contributed by atoms with Gasteiger partial charge >= 0.3 is 15.1 Å². The molecule has 3 aliphatic rings. The fourth-order valence-corrected chi connectivity index (χ4v) is 19.6. The molecule has 3 heterocycles. The number of halogens is 4. The van der Waals surface area contributed by atoms with Crippen molar-refractivity contribution in [2.75, 3.05) is 159 Å². The van der Waals surface area contributed by atoms with Crippen molar-refractivity contribution in [3.63, 3.8) is 0 Å². The van der Waals surface area contributed by atoms with Gasteiger partial charge in [-0.25, -0.2) is 0 Å². The van der Waals surface area contributed by atoms with E-state index < -0.39 is 39.3 Å². The molecule has 316 valence electrons. The van der Waals surface area contributed by atoms with Gasteiger partial charge in [0.05, 0.1) is 0 Å². The summed E-state index contributed by atoms with van der Waals surface area (Å²) >= 11 is 0. The van der Waals surface area contributed by atoms with Gasteiger partial charge in [0.15, 0.2) is 0 Å². The number of hydrogen-bond donors (Lipinski definition) is 0. The zero-order valence-electron chi connectivity index (χ0n) is 36.9. The SMILES string of the molecule is CN(C)P1CCC(N(C)C)(N(C)C)/C1=N/[P+](/N=C1\P(N(C)C)CCC1(N(C)C)N(C)C)(/N=C1\P(N(C)C)CCC1(N(C)C)N(C)C)N(C)C.F[B-](F)(F)F. The highest BCUT2D eigenvalue weighted by Crippen LogP contribution is 2.73. The third kappa shape index (κ3) is 9.93. The van der Waals surface area contributed by atoms with Gasteiger partial charge in [-0.15, -0.1) is 4.67 Å². The number of nitrogens with zero attached hydrogens (tertiary/aromatic N) is 13. The summed E-state index contributed by atoms with van der Waals surface area (Å²) in [4.78, 5) is 14.3. The fraction of sp³-hybridized carbons (Fsp3) is 0.906. The van der Waals surface area contributed by atoms with Crippen LogP contribution >= 0.6 is 32.1 Å². The molecule has 0 aromatic heterocycles. The summed E-state index contributed by atoms with van der Waals surface area (Å²) in [6.07, 6.45) is 6.32. The zero-order chi connectivity index (χ0) is 42.1. The Labute approximate surface area is 330 Å². The maximum Gasteiger partial charge on any atom is 0.673 e. The van der Waals surface area contributed by atoms with Gasteiger partial charge in [0.2, 0.25) is 0 Å². The summed E-state index contributed by atoms with van der Waals surface area (Å²) in [6, 6.07) is 0. The third-order valence-corrected chi connectivity index (χ3v) is 21.6. The van der Waals surface area contributed by atoms with Crippen molar-refractivity contribution >= 4 is 55.7 Å². The van der Waals surface area contributed by atoms with Crippen molar-refractivity contribution in [3.05, 3.63) is 0 Å². The van der Waals surface area contributed by atoms with Crippen LogP contribution in [0, 0.1) is 0 Å². The molecular weight excluding hydrogens is 777 g/mol. The second-order valence-corrected chi connectivity index (χ2v) is 26.0. The molecule has 0 saturated carbocycles. The molecule has 0 N–H and O–H groups in total. The third-order valence-electron chi connectivity index (χ3n) is 10.9. The van der Waals surface area contributed by atoms with Crippen LogP contribution in [0.1, 0.15) is 19.3 Å². The van der Waals surface area contributed by atoms with E-state index in [2.05, 4.69) is 189 Å². The van der Waals surface area contributed by atoms with Crippen LogP contribution in [0.3, 0.4) is 0 Å². The first-order valence-electron chi connectivity index (χ1n) is 18.2. The highest BCUT2D eigenvalue weighted by molar-refractivity contribution is 7.81. The van der Waals surface area contributed by atoms with Gasteiger partial charge in [-0.05, 0) is 165 Å². The van der Waals surface area contributed by atoms with Crippen LogP contribution in [0.5, 0.6) is 0 Å². The normalized spacial score (nSPS) is 27.9. The monoisotopic (exact) mass is 850 g/mol. The molecule has 13 nitrogen and oxygen atoms in total. The molecular formula is C32H72BF4N13P4. The Hall–Kier alpha value is 0.115. The van der Waals surface area contributed by atoms with Crippen LogP contribution in [-0.4, -0.2) is 248 Å². The van der Waals surface area contributed by atoms with E-state index in [0.29, 0.717) is 0 Å². The summed E-state index contributed by atoms with van der Waals surface area (Å²) in [5.74, 6) is 0. The first-order chi connectivity index (χ1) is 24.5. The van der Waals surface area contributed by atoms with Crippen LogP contribution in [0.4, 0.5) is 17.3 Å². The Bertz CT molecular complexity index is 1170. The molecule has 3 rings (SSSR count). The van der Waals surface area contributed by atoms with Gasteiger partial charge in [-0.2, -0.15) is 0 Å². The summed E-state index contributed by atoms with van der Waals surface area (Å²) in [7, 11) is 33.3. The van der Waals surface area contributed by atoms with Gasteiger partial charge in [0, 0.05) is 38.3 Å². The number of hydrogen-bond acceptors (Lipinski definition) is 13. The Morgan fingerprint density at radius 3 is 0.741 bits per heavy atom. The van der Waals surface area contributed by atoms with E-state index in [9.17, 15) is 17.3 Å². The maximum absolute atomic E-state index is 9.75. The van der Waals surface area contributed by atoms with Crippen LogP contribution < -0.4 is 0 Å². The second kappa shape index (κ2) is 19.0. The highest BCUT2D eigenvalue weighted by atomic mass is 31.2. The van der Waals surface area contributed by atoms with Crippen molar-refractivity contribution in [1.82, 2.24) is 48.1 Å². The molecule has 22 heteroatoms. The van der Waals surface area contributed by atoms with E-state index in [0.717, 1.165) is 37.7 Å². The van der Waals surface area contributed by atoms with E-state index in [1.54, 1.807) is 0 Å². The molecule has 0 amide bonds. The van der Waals surface area contributed by atoms with Crippen molar-refractivity contribution in [2.45, 2.75) is 36.3 Å². The fourth-order valence-electron chi connectivity index (χ4n) is 8.08. The Morgan fingerprint density at radius 2 is 0.611 bits per heavy atom. The Kier molecular flexibility index (Phi) is 17.7. The lowest BCUT2D eigenvalue weighted by Gasteiger charge is -2.44. The Balaban J connectivity index is 0.00000188. The predicted molar refractivity (Wildman–Crippen MR) is 234 cm³/mol. The smallest absolute Gasteiger partial charge is 0.418 e. The van der Waals surface area contributed by atoms with Crippen molar-refractivity contribution in [2.24, 2.45) is 14.3 Å². The van der Waals surface area contributed by atoms with Gasteiger partial charge in [0.1, 0.15) is 33.3 Å². The van der Waals surface area contributed by atoms with Crippen molar-refractivity contribution in [3.8, 4) is 0 Å². The first kappa shape index (κ1) is 50.3. The molecule has 3 saturated heterocycles. The summed E-state index contributed by atoms with van der Waals surface area (Å²) in [5, 5.41) is 0. The molecule has 0 aromatic carbocycles. The molecule has 54 heavy (non-hydrogen) atoms. The molecule has 3 aliphatic heterocycles. The van der Waals surface area contributed by atoms with E-state index in [1.807, 2.05) is 0 Å². The summed E-state index contributed by atoms with van der Waals surface area (Å²) < 4.78 is 67.1. The minimum atomic E-state index is -6.00. The molecule has 3 unspecified atom stereocenters. The largest absolute Gasteiger partial charge is 0.673 e. The first-order valence-corrected chi connectivity index (χ1v) is 24.2. The van der Waals surface area contributed by atoms with Gasteiger partial charge in [0.25, 0.3) is 0 Å². The molecule has 0 spiro atoms. The lowest BCUT2D eigenvalue weighted by atomic mass is 10.1. The van der Waals surface area contributed by atoms with Gasteiger partial charge in [-0.3, -0.25) is 43.4 Å². The summed E-state index contributed by atoms with van der Waals surface area (Å²) in [5.41, 5.74) is 2.71. The van der Waals surface area contributed by atoms with E-state index >= 15 is 0 Å². The van der Waals surface area contributed by atoms with Crippen LogP contribution in [0.25, 0.3) is 0 Å². The lowest BCUT2D eigenvalue weighted by Crippen LogP contribution is -2.59. The van der Waals surface area contributed by atoms with E-state index in [1.165, 1.54) is 16.4 Å². The van der Waals surface area contributed by atoms with Crippen LogP contribution in [0.2, 0.25) is 0 Å².